The highest BCUT2D eigenvalue weighted by molar-refractivity contribution is 6.09. The summed E-state index contributed by atoms with van der Waals surface area (Å²) < 4.78 is 4.90. The zero-order valence-corrected chi connectivity index (χ0v) is 11.9. The van der Waals surface area contributed by atoms with Crippen molar-refractivity contribution in [2.75, 3.05) is 11.9 Å². The molecule has 0 unspecified atom stereocenters. The number of hydrogen-bond donors (Lipinski definition) is 3. The Labute approximate surface area is 127 Å². The normalized spacial score (nSPS) is 10.0. The second-order valence-corrected chi connectivity index (χ2v) is 4.42. The second kappa shape index (κ2) is 6.62. The average Bonchev–Trinajstić information content (AvgIpc) is 2.48. The number of aromatic hydroxyl groups is 2. The number of carbonyl (C=O) groups excluding carboxylic acids is 2. The minimum atomic E-state index is -0.616. The van der Waals surface area contributed by atoms with E-state index in [1.165, 1.54) is 30.3 Å². The van der Waals surface area contributed by atoms with Crippen LogP contribution in [0.5, 0.6) is 11.5 Å². The summed E-state index contributed by atoms with van der Waals surface area (Å²) in [5.41, 5.74) is 0.274. The van der Waals surface area contributed by atoms with Crippen LogP contribution in [0.3, 0.4) is 0 Å². The molecule has 3 N–H and O–H groups in total. The molecule has 0 radical (unpaired) electrons. The van der Waals surface area contributed by atoms with Crippen molar-refractivity contribution < 1.29 is 24.5 Å². The number of phenols is 2. The van der Waals surface area contributed by atoms with Crippen LogP contribution in [0.4, 0.5) is 5.69 Å². The summed E-state index contributed by atoms with van der Waals surface area (Å²) >= 11 is 0. The Balaban J connectivity index is 2.32. The van der Waals surface area contributed by atoms with Gasteiger partial charge in [0.25, 0.3) is 5.91 Å². The van der Waals surface area contributed by atoms with Crippen LogP contribution in [-0.4, -0.2) is 28.7 Å². The summed E-state index contributed by atoms with van der Waals surface area (Å²) in [6.45, 7) is 1.85. The molecule has 0 saturated heterocycles. The first-order valence-corrected chi connectivity index (χ1v) is 6.62. The molecule has 6 heteroatoms. The van der Waals surface area contributed by atoms with Crippen molar-refractivity contribution in [2.24, 2.45) is 0 Å². The molecule has 0 aliphatic rings. The maximum absolute atomic E-state index is 12.2. The molecule has 0 heterocycles. The molecule has 2 aromatic rings. The predicted molar refractivity (Wildman–Crippen MR) is 80.1 cm³/mol. The van der Waals surface area contributed by atoms with Gasteiger partial charge in [-0.1, -0.05) is 12.1 Å². The number of nitrogens with one attached hydrogen (secondary N) is 1. The molecule has 0 bridgehead atoms. The third kappa shape index (κ3) is 3.35. The highest BCUT2D eigenvalue weighted by Gasteiger charge is 2.17. The predicted octanol–water partition coefficient (Wildman–Crippen LogP) is 2.53. The first kappa shape index (κ1) is 15.4. The van der Waals surface area contributed by atoms with Crippen LogP contribution in [0.15, 0.2) is 42.5 Å². The van der Waals surface area contributed by atoms with E-state index < -0.39 is 11.9 Å². The molecule has 0 atom stereocenters. The molecule has 0 aliphatic heterocycles. The van der Waals surface area contributed by atoms with Crippen molar-refractivity contribution in [1.82, 2.24) is 0 Å². The third-order valence-corrected chi connectivity index (χ3v) is 2.90. The monoisotopic (exact) mass is 301 g/mol. The van der Waals surface area contributed by atoms with Crippen molar-refractivity contribution in [2.45, 2.75) is 6.92 Å². The van der Waals surface area contributed by atoms with Crippen LogP contribution in [-0.2, 0) is 4.74 Å². The number of carbonyl (C=O) groups is 2. The Morgan fingerprint density at radius 3 is 2.50 bits per heavy atom. The Kier molecular flexibility index (Phi) is 4.63. The number of amides is 1. The largest absolute Gasteiger partial charge is 0.508 e. The third-order valence-electron chi connectivity index (χ3n) is 2.90. The van der Waals surface area contributed by atoms with Gasteiger partial charge in [0.2, 0.25) is 0 Å². The molecule has 0 fully saturated rings. The molecule has 0 aromatic heterocycles. The minimum Gasteiger partial charge on any atom is -0.508 e. The number of benzene rings is 2. The average molecular weight is 301 g/mol. The van der Waals surface area contributed by atoms with E-state index in [0.717, 1.165) is 0 Å². The molecule has 22 heavy (non-hydrogen) atoms. The zero-order valence-electron chi connectivity index (χ0n) is 11.9. The zero-order chi connectivity index (χ0) is 16.1. The van der Waals surface area contributed by atoms with Crippen molar-refractivity contribution >= 4 is 17.6 Å². The fraction of sp³-hybridized carbons (Fsp3) is 0.125. The fourth-order valence-corrected chi connectivity index (χ4v) is 1.88. The standard InChI is InChI=1S/C16H15NO5/c1-2-22-16(21)11-8-7-10(18)9-13(11)17-15(20)12-5-3-4-6-14(12)19/h3-9,18-19H,2H2,1H3,(H,17,20). The second-order valence-electron chi connectivity index (χ2n) is 4.42. The Morgan fingerprint density at radius 1 is 1.09 bits per heavy atom. The Morgan fingerprint density at radius 2 is 1.82 bits per heavy atom. The topological polar surface area (TPSA) is 95.9 Å². The molecule has 0 saturated carbocycles. The van der Waals surface area contributed by atoms with Crippen molar-refractivity contribution in [3.63, 3.8) is 0 Å². The van der Waals surface area contributed by atoms with Crippen LogP contribution in [0, 0.1) is 0 Å². The van der Waals surface area contributed by atoms with Crippen molar-refractivity contribution in [1.29, 1.82) is 0 Å². The number of esters is 1. The van der Waals surface area contributed by atoms with Crippen LogP contribution in [0.25, 0.3) is 0 Å². The van der Waals surface area contributed by atoms with Crippen LogP contribution in [0.2, 0.25) is 0 Å². The van der Waals surface area contributed by atoms with E-state index in [1.807, 2.05) is 0 Å². The van der Waals surface area contributed by atoms with Gasteiger partial charge in [-0.25, -0.2) is 4.79 Å². The van der Waals surface area contributed by atoms with Crippen molar-refractivity contribution in [3.8, 4) is 11.5 Å². The number of rotatable bonds is 4. The maximum atomic E-state index is 12.2. The SMILES string of the molecule is CCOC(=O)c1ccc(O)cc1NC(=O)c1ccccc1O. The Bertz CT molecular complexity index is 711. The minimum absolute atomic E-state index is 0.0562. The molecule has 0 spiro atoms. The van der Waals surface area contributed by atoms with Gasteiger partial charge in [-0.05, 0) is 31.2 Å². The summed E-state index contributed by atoms with van der Waals surface area (Å²) in [6.07, 6.45) is 0. The fourth-order valence-electron chi connectivity index (χ4n) is 1.88. The molecule has 2 rings (SSSR count). The highest BCUT2D eigenvalue weighted by atomic mass is 16.5. The summed E-state index contributed by atoms with van der Waals surface area (Å²) in [4.78, 5) is 24.0. The van der Waals surface area contributed by atoms with Crippen LogP contribution in [0.1, 0.15) is 27.6 Å². The number of hydrogen-bond acceptors (Lipinski definition) is 5. The Hall–Kier alpha value is -3.02. The van der Waals surface area contributed by atoms with E-state index in [4.69, 9.17) is 4.74 Å². The number of para-hydroxylation sites is 1. The first-order valence-electron chi connectivity index (χ1n) is 6.62. The van der Waals surface area contributed by atoms with E-state index in [-0.39, 0.29) is 34.9 Å². The van der Waals surface area contributed by atoms with Crippen LogP contribution < -0.4 is 5.32 Å². The molecule has 2 aromatic carbocycles. The summed E-state index contributed by atoms with van der Waals surface area (Å²) in [5, 5.41) is 21.7. The van der Waals surface area contributed by atoms with E-state index in [9.17, 15) is 19.8 Å². The molecule has 114 valence electrons. The van der Waals surface area contributed by atoms with Gasteiger partial charge in [0.15, 0.2) is 0 Å². The molecular weight excluding hydrogens is 286 g/mol. The van der Waals surface area contributed by atoms with E-state index in [0.29, 0.717) is 0 Å². The van der Waals surface area contributed by atoms with Gasteiger partial charge in [0.1, 0.15) is 11.5 Å². The highest BCUT2D eigenvalue weighted by Crippen LogP contribution is 2.24. The number of phenolic OH excluding ortho intramolecular Hbond substituents is 2. The number of ether oxygens (including phenoxy) is 1. The van der Waals surface area contributed by atoms with Gasteiger partial charge in [-0.15, -0.1) is 0 Å². The maximum Gasteiger partial charge on any atom is 0.340 e. The van der Waals surface area contributed by atoms with Gasteiger partial charge < -0.3 is 20.3 Å². The molecule has 0 aliphatic carbocycles. The van der Waals surface area contributed by atoms with Crippen LogP contribution >= 0.6 is 0 Å². The molecule has 6 nitrogen and oxygen atoms in total. The first-order chi connectivity index (χ1) is 10.5. The van der Waals surface area contributed by atoms with Gasteiger partial charge >= 0.3 is 5.97 Å². The van der Waals surface area contributed by atoms with E-state index in [1.54, 1.807) is 19.1 Å². The number of anilines is 1. The summed E-state index contributed by atoms with van der Waals surface area (Å²) in [5.74, 6) is -1.51. The lowest BCUT2D eigenvalue weighted by Crippen LogP contribution is -2.16. The van der Waals surface area contributed by atoms with Gasteiger partial charge in [0.05, 0.1) is 23.4 Å². The van der Waals surface area contributed by atoms with Gasteiger partial charge in [0, 0.05) is 6.07 Å². The van der Waals surface area contributed by atoms with E-state index >= 15 is 0 Å². The lowest BCUT2D eigenvalue weighted by atomic mass is 10.1. The van der Waals surface area contributed by atoms with Crippen molar-refractivity contribution in [3.05, 3.63) is 53.6 Å². The van der Waals surface area contributed by atoms with E-state index in [2.05, 4.69) is 5.32 Å². The summed E-state index contributed by atoms with van der Waals surface area (Å²) in [6, 6.07) is 9.93. The smallest absolute Gasteiger partial charge is 0.340 e. The summed E-state index contributed by atoms with van der Waals surface area (Å²) in [7, 11) is 0. The molecule has 1 amide bonds. The van der Waals surface area contributed by atoms with Gasteiger partial charge in [-0.3, -0.25) is 4.79 Å². The molecular formula is C16H15NO5. The van der Waals surface area contributed by atoms with Gasteiger partial charge in [-0.2, -0.15) is 0 Å². The quantitative estimate of drug-likeness (QED) is 0.754. The lowest BCUT2D eigenvalue weighted by molar-refractivity contribution is 0.0527. The lowest BCUT2D eigenvalue weighted by Gasteiger charge is -2.11.